The van der Waals surface area contributed by atoms with Gasteiger partial charge >= 0.3 is 5.69 Å². The fourth-order valence-corrected chi connectivity index (χ4v) is 2.04. The Morgan fingerprint density at radius 3 is 2.72 bits per heavy atom. The lowest BCUT2D eigenvalue weighted by Gasteiger charge is -2.23. The Bertz CT molecular complexity index is 552. The molecule has 100 valence electrons. The molecule has 0 radical (unpaired) electrons. The van der Waals surface area contributed by atoms with Crippen molar-refractivity contribution < 1.29 is 19.3 Å². The number of rotatable bonds is 2. The first-order chi connectivity index (χ1) is 8.37. The molecular weight excluding hydrogens is 247 g/mol. The molecule has 1 saturated heterocycles. The van der Waals surface area contributed by atoms with Crippen LogP contribution in [0.1, 0.15) is 18.6 Å². The van der Waals surface area contributed by atoms with Crippen molar-refractivity contribution in [1.29, 1.82) is 0 Å². The molecule has 4 N–H and O–H groups in total. The van der Waals surface area contributed by atoms with Crippen LogP contribution < -0.4 is 11.2 Å². The number of nitrogens with one attached hydrogen (secondary N) is 2. The zero-order valence-electron chi connectivity index (χ0n) is 9.51. The van der Waals surface area contributed by atoms with Crippen LogP contribution in [-0.4, -0.2) is 44.7 Å². The first kappa shape index (κ1) is 12.9. The molecular formula is C10H13FN2O5. The Labute approximate surface area is 100 Å². The van der Waals surface area contributed by atoms with E-state index in [1.807, 2.05) is 4.98 Å². The highest BCUT2D eigenvalue weighted by molar-refractivity contribution is 5.17. The number of hydrogen-bond donors (Lipinski definition) is 4. The van der Waals surface area contributed by atoms with Gasteiger partial charge in [-0.1, -0.05) is 0 Å². The molecule has 0 aromatic carbocycles. The van der Waals surface area contributed by atoms with Crippen molar-refractivity contribution in [3.05, 3.63) is 32.6 Å². The maximum Gasteiger partial charge on any atom is 0.325 e. The fraction of sp³-hybridized carbons (Fsp3) is 0.600. The average molecular weight is 260 g/mol. The average Bonchev–Trinajstić information content (AvgIpc) is 2.52. The summed E-state index contributed by atoms with van der Waals surface area (Å²) in [5.41, 5.74) is -3.90. The highest BCUT2D eigenvalue weighted by atomic mass is 19.1. The summed E-state index contributed by atoms with van der Waals surface area (Å²) in [6.07, 6.45) is -2.99. The van der Waals surface area contributed by atoms with E-state index in [0.717, 1.165) is 13.1 Å². The molecule has 0 saturated carbocycles. The van der Waals surface area contributed by atoms with Crippen molar-refractivity contribution in [2.75, 3.05) is 6.61 Å². The highest BCUT2D eigenvalue weighted by Crippen LogP contribution is 2.42. The van der Waals surface area contributed by atoms with Gasteiger partial charge in [0.15, 0.2) is 5.67 Å². The lowest BCUT2D eigenvalue weighted by Crippen LogP contribution is -2.40. The number of aromatic amines is 2. The van der Waals surface area contributed by atoms with Gasteiger partial charge in [0.25, 0.3) is 5.56 Å². The van der Waals surface area contributed by atoms with Gasteiger partial charge in [-0.15, -0.1) is 0 Å². The molecule has 1 aromatic heterocycles. The van der Waals surface area contributed by atoms with Gasteiger partial charge in [0.1, 0.15) is 18.3 Å². The maximum absolute atomic E-state index is 14.3. The minimum absolute atomic E-state index is 0.144. The standard InChI is InChI=1S/C10H13FN2O5/c1-10(11)6(15)5(3-14)18-7(10)4-2-12-9(17)13-8(4)16/h2,5-7,14-15H,3H2,1H3,(H2,12,13,16,17)/t5-,6-,7-,10-/m1/s1. The van der Waals surface area contributed by atoms with E-state index in [-0.39, 0.29) is 5.56 Å². The molecule has 18 heavy (non-hydrogen) atoms. The summed E-state index contributed by atoms with van der Waals surface area (Å²) in [6, 6.07) is 0. The van der Waals surface area contributed by atoms with E-state index in [2.05, 4.69) is 4.98 Å². The fourth-order valence-electron chi connectivity index (χ4n) is 2.04. The van der Waals surface area contributed by atoms with Gasteiger partial charge in [0, 0.05) is 6.20 Å². The number of H-pyrrole nitrogens is 2. The minimum Gasteiger partial charge on any atom is -0.394 e. The van der Waals surface area contributed by atoms with Gasteiger partial charge in [0.2, 0.25) is 0 Å². The summed E-state index contributed by atoms with van der Waals surface area (Å²) in [7, 11) is 0. The monoisotopic (exact) mass is 260 g/mol. The van der Waals surface area contributed by atoms with E-state index < -0.39 is 41.8 Å². The van der Waals surface area contributed by atoms with Crippen molar-refractivity contribution in [2.24, 2.45) is 0 Å². The second-order valence-electron chi connectivity index (χ2n) is 4.36. The molecule has 0 amide bonds. The van der Waals surface area contributed by atoms with E-state index in [1.165, 1.54) is 0 Å². The van der Waals surface area contributed by atoms with Crippen LogP contribution in [0, 0.1) is 0 Å². The predicted octanol–water partition coefficient (Wildman–Crippen LogP) is -1.42. The van der Waals surface area contributed by atoms with Crippen LogP contribution in [-0.2, 0) is 4.74 Å². The van der Waals surface area contributed by atoms with Crippen LogP contribution in [0.5, 0.6) is 0 Å². The van der Waals surface area contributed by atoms with Crippen LogP contribution in [0.3, 0.4) is 0 Å². The van der Waals surface area contributed by atoms with Crippen molar-refractivity contribution >= 4 is 0 Å². The van der Waals surface area contributed by atoms with E-state index in [1.54, 1.807) is 0 Å². The van der Waals surface area contributed by atoms with Crippen molar-refractivity contribution in [1.82, 2.24) is 9.97 Å². The Morgan fingerprint density at radius 1 is 1.56 bits per heavy atom. The number of alkyl halides is 1. The van der Waals surface area contributed by atoms with E-state index in [9.17, 15) is 19.1 Å². The largest absolute Gasteiger partial charge is 0.394 e. The number of halogens is 1. The van der Waals surface area contributed by atoms with E-state index in [4.69, 9.17) is 9.84 Å². The molecule has 0 bridgehead atoms. The number of aliphatic hydroxyl groups is 2. The molecule has 2 rings (SSSR count). The van der Waals surface area contributed by atoms with Gasteiger partial charge in [-0.25, -0.2) is 9.18 Å². The second kappa shape index (κ2) is 4.30. The second-order valence-corrected chi connectivity index (χ2v) is 4.36. The van der Waals surface area contributed by atoms with Crippen LogP contribution in [0.15, 0.2) is 15.8 Å². The molecule has 4 atom stereocenters. The summed E-state index contributed by atoms with van der Waals surface area (Å²) in [5.74, 6) is 0. The van der Waals surface area contributed by atoms with Crippen molar-refractivity contribution in [3.63, 3.8) is 0 Å². The third-order valence-corrected chi connectivity index (χ3v) is 3.06. The molecule has 0 unspecified atom stereocenters. The summed E-state index contributed by atoms with van der Waals surface area (Å²) >= 11 is 0. The van der Waals surface area contributed by atoms with Gasteiger partial charge in [-0.2, -0.15) is 0 Å². The minimum atomic E-state index is -2.24. The van der Waals surface area contributed by atoms with Crippen LogP contribution in [0.4, 0.5) is 4.39 Å². The molecule has 0 aliphatic carbocycles. The van der Waals surface area contributed by atoms with Crippen molar-refractivity contribution in [3.8, 4) is 0 Å². The molecule has 1 aliphatic rings. The SMILES string of the molecule is C[C@]1(F)[C@@H](c2c[nH]c(=O)[nH]c2=O)O[C@H](CO)[C@H]1O. The van der Waals surface area contributed by atoms with Gasteiger partial charge in [-0.05, 0) is 6.92 Å². The molecule has 7 nitrogen and oxygen atoms in total. The van der Waals surface area contributed by atoms with Crippen LogP contribution >= 0.6 is 0 Å². The van der Waals surface area contributed by atoms with Gasteiger partial charge in [-0.3, -0.25) is 9.78 Å². The summed E-state index contributed by atoms with van der Waals surface area (Å²) in [4.78, 5) is 26.6. The Kier molecular flexibility index (Phi) is 3.09. The normalized spacial score (nSPS) is 35.9. The number of ether oxygens (including phenoxy) is 1. The number of aliphatic hydroxyl groups excluding tert-OH is 2. The third kappa shape index (κ3) is 1.88. The number of aromatic nitrogens is 2. The maximum atomic E-state index is 14.3. The van der Waals surface area contributed by atoms with Gasteiger partial charge < -0.3 is 19.9 Å². The molecule has 1 fully saturated rings. The van der Waals surface area contributed by atoms with E-state index >= 15 is 0 Å². The summed E-state index contributed by atoms with van der Waals surface area (Å²) < 4.78 is 19.5. The highest BCUT2D eigenvalue weighted by Gasteiger charge is 2.55. The molecule has 0 spiro atoms. The lowest BCUT2D eigenvalue weighted by atomic mass is 9.91. The number of hydrogen-bond acceptors (Lipinski definition) is 5. The van der Waals surface area contributed by atoms with Crippen LogP contribution in [0.2, 0.25) is 0 Å². The topological polar surface area (TPSA) is 115 Å². The zero-order chi connectivity index (χ0) is 13.5. The molecule has 8 heteroatoms. The summed E-state index contributed by atoms with van der Waals surface area (Å²) in [6.45, 7) is 0.501. The Hall–Kier alpha value is -1.51. The molecule has 2 heterocycles. The first-order valence-corrected chi connectivity index (χ1v) is 5.33. The van der Waals surface area contributed by atoms with E-state index in [0.29, 0.717) is 0 Å². The van der Waals surface area contributed by atoms with Crippen LogP contribution in [0.25, 0.3) is 0 Å². The Balaban J connectivity index is 2.45. The quantitative estimate of drug-likeness (QED) is 0.521. The summed E-state index contributed by atoms with van der Waals surface area (Å²) in [5, 5.41) is 18.6. The molecule has 1 aliphatic heterocycles. The van der Waals surface area contributed by atoms with Crippen molar-refractivity contribution in [2.45, 2.75) is 30.9 Å². The lowest BCUT2D eigenvalue weighted by molar-refractivity contribution is -0.0235. The zero-order valence-corrected chi connectivity index (χ0v) is 9.51. The predicted molar refractivity (Wildman–Crippen MR) is 57.9 cm³/mol. The Morgan fingerprint density at radius 2 is 2.22 bits per heavy atom. The smallest absolute Gasteiger partial charge is 0.325 e. The van der Waals surface area contributed by atoms with Gasteiger partial charge in [0.05, 0.1) is 12.2 Å². The third-order valence-electron chi connectivity index (χ3n) is 3.06. The first-order valence-electron chi connectivity index (χ1n) is 5.33. The molecule has 1 aromatic rings.